The average Bonchev–Trinajstić information content (AvgIpc) is 3.00. The van der Waals surface area contributed by atoms with Crippen LogP contribution in [-0.2, 0) is 14.3 Å². The molecule has 7 nitrogen and oxygen atoms in total. The van der Waals surface area contributed by atoms with Crippen molar-refractivity contribution in [2.24, 2.45) is 0 Å². The zero-order valence-electron chi connectivity index (χ0n) is 16.3. The quantitative estimate of drug-likeness (QED) is 0.574. The van der Waals surface area contributed by atoms with Crippen molar-refractivity contribution in [3.05, 3.63) is 71.3 Å². The summed E-state index contributed by atoms with van der Waals surface area (Å²) in [5.74, 6) is -2.25. The summed E-state index contributed by atoms with van der Waals surface area (Å²) in [6.07, 6.45) is 0. The number of ether oxygens (including phenoxy) is 1. The summed E-state index contributed by atoms with van der Waals surface area (Å²) in [5.41, 5.74) is 1.60. The number of hydrogen-bond acceptors (Lipinski definition) is 5. The molecule has 2 aromatic carbocycles. The van der Waals surface area contributed by atoms with E-state index in [1.807, 2.05) is 37.3 Å². The summed E-state index contributed by atoms with van der Waals surface area (Å²) in [6.45, 7) is 3.30. The van der Waals surface area contributed by atoms with Gasteiger partial charge in [-0.2, -0.15) is 0 Å². The van der Waals surface area contributed by atoms with Gasteiger partial charge in [-0.25, -0.2) is 4.79 Å². The Morgan fingerprint density at radius 2 is 1.48 bits per heavy atom. The predicted molar refractivity (Wildman–Crippen MR) is 105 cm³/mol. The number of nitrogens with zero attached hydrogens (tertiary/aromatic N) is 1. The Morgan fingerprint density at radius 3 is 2.07 bits per heavy atom. The second kappa shape index (κ2) is 8.68. The highest BCUT2D eigenvalue weighted by atomic mass is 16.5. The van der Waals surface area contributed by atoms with Crippen LogP contribution in [0.4, 0.5) is 0 Å². The Kier molecular flexibility index (Phi) is 6.07. The fourth-order valence-corrected chi connectivity index (χ4v) is 3.14. The molecule has 0 radical (unpaired) electrons. The first-order chi connectivity index (χ1) is 13.9. The number of esters is 1. The lowest BCUT2D eigenvalue weighted by atomic mass is 10.0. The van der Waals surface area contributed by atoms with Gasteiger partial charge in [0, 0.05) is 6.54 Å². The van der Waals surface area contributed by atoms with Gasteiger partial charge < -0.3 is 10.1 Å². The molecule has 1 aliphatic rings. The zero-order valence-corrected chi connectivity index (χ0v) is 16.3. The summed E-state index contributed by atoms with van der Waals surface area (Å²) < 4.78 is 5.01. The van der Waals surface area contributed by atoms with Crippen LogP contribution in [0.1, 0.15) is 46.0 Å². The van der Waals surface area contributed by atoms with E-state index in [0.29, 0.717) is 6.54 Å². The van der Waals surface area contributed by atoms with Crippen molar-refractivity contribution in [3.63, 3.8) is 0 Å². The van der Waals surface area contributed by atoms with Crippen molar-refractivity contribution in [2.75, 3.05) is 13.2 Å². The van der Waals surface area contributed by atoms with Crippen LogP contribution in [0.15, 0.2) is 54.6 Å². The third-order valence-electron chi connectivity index (χ3n) is 4.87. The van der Waals surface area contributed by atoms with Gasteiger partial charge in [0.05, 0.1) is 11.1 Å². The lowest BCUT2D eigenvalue weighted by Crippen LogP contribution is -2.44. The number of hydrogen-bond donors (Lipinski definition) is 1. The fraction of sp³-hybridized carbons (Fsp3) is 0.273. The van der Waals surface area contributed by atoms with E-state index in [2.05, 4.69) is 5.32 Å². The molecular formula is C22H22N2O5. The summed E-state index contributed by atoms with van der Waals surface area (Å²) >= 11 is 0. The van der Waals surface area contributed by atoms with Gasteiger partial charge in [0.2, 0.25) is 0 Å². The monoisotopic (exact) mass is 394 g/mol. The molecule has 1 N–H and O–H groups in total. The molecule has 0 unspecified atom stereocenters. The minimum atomic E-state index is -1.13. The van der Waals surface area contributed by atoms with Gasteiger partial charge in [-0.05, 0) is 30.5 Å². The Bertz CT molecular complexity index is 906. The second-order valence-electron chi connectivity index (χ2n) is 6.93. The summed E-state index contributed by atoms with van der Waals surface area (Å²) in [6, 6.07) is 15.0. The Labute approximate surface area is 168 Å². The van der Waals surface area contributed by atoms with Crippen LogP contribution in [-0.4, -0.2) is 47.8 Å². The van der Waals surface area contributed by atoms with Crippen molar-refractivity contribution < 1.29 is 23.9 Å². The van der Waals surface area contributed by atoms with E-state index in [9.17, 15) is 19.2 Å². The van der Waals surface area contributed by atoms with Crippen LogP contribution in [0.25, 0.3) is 0 Å². The lowest BCUT2D eigenvalue weighted by Gasteiger charge is -2.21. The summed E-state index contributed by atoms with van der Waals surface area (Å²) in [7, 11) is 0. The second-order valence-corrected chi connectivity index (χ2v) is 6.93. The first-order valence-electron chi connectivity index (χ1n) is 9.35. The molecule has 0 bridgehead atoms. The molecule has 1 heterocycles. The highest BCUT2D eigenvalue weighted by molar-refractivity contribution is 6.22. The standard InChI is InChI=1S/C22H22N2O5/c1-14(16-8-4-3-5-9-16)12-23-19(25)13-29-22(28)15(2)24-20(26)17-10-6-7-11-18(17)21(24)27/h3-11,14-15H,12-13H2,1-2H3,(H,23,25)/t14-,15-/m1/s1. The number of rotatable bonds is 7. The van der Waals surface area contributed by atoms with E-state index in [4.69, 9.17) is 4.74 Å². The first kappa shape index (κ1) is 20.3. The van der Waals surface area contributed by atoms with Crippen LogP contribution in [0.2, 0.25) is 0 Å². The van der Waals surface area contributed by atoms with Gasteiger partial charge in [-0.15, -0.1) is 0 Å². The number of carbonyl (C=O) groups excluding carboxylic acids is 4. The highest BCUT2D eigenvalue weighted by Gasteiger charge is 2.41. The van der Waals surface area contributed by atoms with Crippen LogP contribution < -0.4 is 5.32 Å². The number of benzene rings is 2. The molecule has 0 aromatic heterocycles. The van der Waals surface area contributed by atoms with E-state index in [0.717, 1.165) is 10.5 Å². The highest BCUT2D eigenvalue weighted by Crippen LogP contribution is 2.24. The lowest BCUT2D eigenvalue weighted by molar-refractivity contribution is -0.151. The third-order valence-corrected chi connectivity index (χ3v) is 4.87. The van der Waals surface area contributed by atoms with E-state index in [-0.39, 0.29) is 17.0 Å². The van der Waals surface area contributed by atoms with Gasteiger partial charge in [-0.3, -0.25) is 19.3 Å². The SMILES string of the molecule is C[C@H](CNC(=O)COC(=O)[C@@H](C)N1C(=O)c2ccccc2C1=O)c1ccccc1. The molecule has 3 rings (SSSR count). The minimum Gasteiger partial charge on any atom is -0.454 e. The zero-order chi connectivity index (χ0) is 21.0. The van der Waals surface area contributed by atoms with Crippen LogP contribution in [0, 0.1) is 0 Å². The molecule has 0 aliphatic carbocycles. The molecule has 0 spiro atoms. The van der Waals surface area contributed by atoms with Crippen LogP contribution in [0.5, 0.6) is 0 Å². The molecule has 7 heteroatoms. The van der Waals surface area contributed by atoms with Crippen molar-refractivity contribution >= 4 is 23.7 Å². The van der Waals surface area contributed by atoms with Crippen molar-refractivity contribution in [3.8, 4) is 0 Å². The molecular weight excluding hydrogens is 372 g/mol. The molecule has 2 atom stereocenters. The fourth-order valence-electron chi connectivity index (χ4n) is 3.14. The van der Waals surface area contributed by atoms with E-state index in [1.165, 1.54) is 19.1 Å². The van der Waals surface area contributed by atoms with Crippen LogP contribution >= 0.6 is 0 Å². The molecule has 2 aromatic rings. The molecule has 0 saturated heterocycles. The Hall–Kier alpha value is -3.48. The third kappa shape index (κ3) is 4.34. The van der Waals surface area contributed by atoms with Gasteiger partial charge in [0.1, 0.15) is 6.04 Å². The number of amides is 3. The normalized spacial score (nSPS) is 14.9. The summed E-state index contributed by atoms with van der Waals surface area (Å²) in [4.78, 5) is 50.0. The molecule has 29 heavy (non-hydrogen) atoms. The number of fused-ring (bicyclic) bond motifs is 1. The minimum absolute atomic E-state index is 0.105. The van der Waals surface area contributed by atoms with Crippen molar-refractivity contribution in [1.29, 1.82) is 0 Å². The molecule has 0 fully saturated rings. The van der Waals surface area contributed by atoms with E-state index >= 15 is 0 Å². The van der Waals surface area contributed by atoms with Crippen LogP contribution in [0.3, 0.4) is 0 Å². The average molecular weight is 394 g/mol. The van der Waals surface area contributed by atoms with E-state index in [1.54, 1.807) is 12.1 Å². The molecule has 1 aliphatic heterocycles. The largest absolute Gasteiger partial charge is 0.454 e. The summed E-state index contributed by atoms with van der Waals surface area (Å²) in [5, 5.41) is 2.71. The van der Waals surface area contributed by atoms with Gasteiger partial charge in [-0.1, -0.05) is 49.4 Å². The maximum absolute atomic E-state index is 12.4. The Balaban J connectivity index is 1.50. The topological polar surface area (TPSA) is 92.8 Å². The maximum atomic E-state index is 12.4. The smallest absolute Gasteiger partial charge is 0.329 e. The first-order valence-corrected chi connectivity index (χ1v) is 9.35. The predicted octanol–water partition coefficient (Wildman–Crippen LogP) is 2.13. The number of nitrogens with one attached hydrogen (secondary N) is 1. The molecule has 3 amide bonds. The molecule has 0 saturated carbocycles. The number of imide groups is 1. The van der Waals surface area contributed by atoms with Gasteiger partial charge in [0.15, 0.2) is 6.61 Å². The Morgan fingerprint density at radius 1 is 0.931 bits per heavy atom. The number of carbonyl (C=O) groups is 4. The van der Waals surface area contributed by atoms with Crippen molar-refractivity contribution in [2.45, 2.75) is 25.8 Å². The molecule has 150 valence electrons. The van der Waals surface area contributed by atoms with Gasteiger partial charge >= 0.3 is 5.97 Å². The van der Waals surface area contributed by atoms with E-state index < -0.39 is 36.3 Å². The maximum Gasteiger partial charge on any atom is 0.329 e. The van der Waals surface area contributed by atoms with Gasteiger partial charge in [0.25, 0.3) is 17.7 Å². The van der Waals surface area contributed by atoms with Crippen molar-refractivity contribution in [1.82, 2.24) is 10.2 Å².